The van der Waals surface area contributed by atoms with Crippen molar-refractivity contribution in [2.45, 2.75) is 12.5 Å². The van der Waals surface area contributed by atoms with E-state index in [1.807, 2.05) is 0 Å². The molecular formula is C15H20ClFN4O. The number of aromatic nitrogens is 2. The molecule has 7 heteroatoms. The Morgan fingerprint density at radius 2 is 2.14 bits per heavy atom. The lowest BCUT2D eigenvalue weighted by Gasteiger charge is -2.14. The van der Waals surface area contributed by atoms with E-state index in [-0.39, 0.29) is 24.1 Å². The molecule has 2 rings (SSSR count). The highest BCUT2D eigenvalue weighted by Crippen LogP contribution is 2.11. The van der Waals surface area contributed by atoms with Crippen LogP contribution in [0.1, 0.15) is 17.2 Å². The number of rotatable bonds is 6. The van der Waals surface area contributed by atoms with Gasteiger partial charge in [-0.2, -0.15) is 5.10 Å². The first-order valence-electron chi connectivity index (χ1n) is 6.78. The summed E-state index contributed by atoms with van der Waals surface area (Å²) in [6, 6.07) is 6.11. The van der Waals surface area contributed by atoms with Crippen molar-refractivity contribution in [3.05, 3.63) is 53.6 Å². The fourth-order valence-electron chi connectivity index (χ4n) is 2.16. The van der Waals surface area contributed by atoms with Crippen molar-refractivity contribution in [3.63, 3.8) is 0 Å². The molecule has 0 saturated heterocycles. The summed E-state index contributed by atoms with van der Waals surface area (Å²) in [5, 5.41) is 9.82. The fraction of sp³-hybridized carbons (Fsp3) is 0.333. The van der Waals surface area contributed by atoms with Crippen LogP contribution < -0.4 is 10.6 Å². The first kappa shape index (κ1) is 18.1. The number of nitrogens with zero attached hydrogens (tertiary/aromatic N) is 2. The second kappa shape index (κ2) is 8.51. The first-order chi connectivity index (χ1) is 10.1. The normalized spacial score (nSPS) is 11.6. The summed E-state index contributed by atoms with van der Waals surface area (Å²) in [4.78, 5) is 12.2. The molecule has 1 heterocycles. The highest BCUT2D eigenvalue weighted by atomic mass is 35.5. The van der Waals surface area contributed by atoms with Gasteiger partial charge in [0.05, 0.1) is 6.20 Å². The van der Waals surface area contributed by atoms with Gasteiger partial charge >= 0.3 is 0 Å². The average molecular weight is 327 g/mol. The molecule has 2 N–H and O–H groups in total. The molecule has 1 aromatic carbocycles. The van der Waals surface area contributed by atoms with E-state index in [1.165, 1.54) is 6.07 Å². The SMILES string of the molecule is CNC(C(=O)NCCc1ccccc1F)c1cnn(C)c1.Cl. The predicted octanol–water partition coefficient (Wildman–Crippen LogP) is 1.60. The minimum Gasteiger partial charge on any atom is -0.354 e. The van der Waals surface area contributed by atoms with Gasteiger partial charge in [-0.1, -0.05) is 18.2 Å². The Kier molecular flexibility index (Phi) is 7.01. The molecule has 22 heavy (non-hydrogen) atoms. The summed E-state index contributed by atoms with van der Waals surface area (Å²) in [5.74, 6) is -0.397. The molecule has 0 aliphatic rings. The number of carbonyl (C=O) groups is 1. The van der Waals surface area contributed by atoms with Crippen molar-refractivity contribution in [2.75, 3.05) is 13.6 Å². The molecule has 0 bridgehead atoms. The van der Waals surface area contributed by atoms with Crippen LogP contribution in [0.15, 0.2) is 36.7 Å². The van der Waals surface area contributed by atoms with Gasteiger partial charge in [0.15, 0.2) is 0 Å². The van der Waals surface area contributed by atoms with Crippen molar-refractivity contribution in [1.29, 1.82) is 0 Å². The zero-order chi connectivity index (χ0) is 15.2. The minimum absolute atomic E-state index is 0. The Bertz CT molecular complexity index is 617. The van der Waals surface area contributed by atoms with Crippen LogP contribution in [-0.4, -0.2) is 29.3 Å². The van der Waals surface area contributed by atoms with Gasteiger partial charge in [-0.25, -0.2) is 4.39 Å². The van der Waals surface area contributed by atoms with E-state index in [1.54, 1.807) is 49.4 Å². The maximum absolute atomic E-state index is 13.5. The van der Waals surface area contributed by atoms with Crippen LogP contribution in [0.5, 0.6) is 0 Å². The number of carbonyl (C=O) groups excluding carboxylic acids is 1. The van der Waals surface area contributed by atoms with E-state index >= 15 is 0 Å². The second-order valence-corrected chi connectivity index (χ2v) is 4.80. The molecule has 1 aromatic heterocycles. The van der Waals surface area contributed by atoms with Gasteiger partial charge in [0.25, 0.3) is 0 Å². The summed E-state index contributed by atoms with van der Waals surface area (Å²) in [7, 11) is 3.51. The molecule has 0 aliphatic heterocycles. The molecule has 1 atom stereocenters. The van der Waals surface area contributed by atoms with E-state index in [0.717, 1.165) is 5.56 Å². The molecule has 0 aliphatic carbocycles. The van der Waals surface area contributed by atoms with Crippen molar-refractivity contribution in [2.24, 2.45) is 7.05 Å². The molecular weight excluding hydrogens is 307 g/mol. The second-order valence-electron chi connectivity index (χ2n) is 4.80. The summed E-state index contributed by atoms with van der Waals surface area (Å²) in [6.07, 6.45) is 3.90. The van der Waals surface area contributed by atoms with Gasteiger partial charge in [-0.05, 0) is 25.1 Å². The van der Waals surface area contributed by atoms with Crippen molar-refractivity contribution >= 4 is 18.3 Å². The monoisotopic (exact) mass is 326 g/mol. The quantitative estimate of drug-likeness (QED) is 0.847. The lowest BCUT2D eigenvalue weighted by molar-refractivity contribution is -0.123. The number of halogens is 2. The third kappa shape index (κ3) is 4.54. The third-order valence-electron chi connectivity index (χ3n) is 3.26. The van der Waals surface area contributed by atoms with Crippen LogP contribution in [0.3, 0.4) is 0 Å². The van der Waals surface area contributed by atoms with Gasteiger partial charge in [-0.3, -0.25) is 9.48 Å². The molecule has 120 valence electrons. The number of likely N-dealkylation sites (N-methyl/N-ethyl adjacent to an activating group) is 1. The largest absolute Gasteiger partial charge is 0.354 e. The fourth-order valence-corrected chi connectivity index (χ4v) is 2.16. The topological polar surface area (TPSA) is 59.0 Å². The smallest absolute Gasteiger partial charge is 0.241 e. The Morgan fingerprint density at radius 3 is 2.73 bits per heavy atom. The Balaban J connectivity index is 0.00000242. The number of hydrogen-bond donors (Lipinski definition) is 2. The van der Waals surface area contributed by atoms with Crippen LogP contribution in [0.2, 0.25) is 0 Å². The summed E-state index contributed by atoms with van der Waals surface area (Å²) in [6.45, 7) is 0.387. The number of benzene rings is 1. The van der Waals surface area contributed by atoms with Gasteiger partial charge in [0, 0.05) is 25.4 Å². The van der Waals surface area contributed by atoms with Crippen LogP contribution >= 0.6 is 12.4 Å². The van der Waals surface area contributed by atoms with Crippen LogP contribution in [0.4, 0.5) is 4.39 Å². The Labute approximate surface area is 135 Å². The van der Waals surface area contributed by atoms with E-state index in [2.05, 4.69) is 15.7 Å². The predicted molar refractivity (Wildman–Crippen MR) is 85.4 cm³/mol. The van der Waals surface area contributed by atoms with E-state index < -0.39 is 6.04 Å². The maximum atomic E-state index is 13.5. The number of amides is 1. The molecule has 1 amide bonds. The summed E-state index contributed by atoms with van der Waals surface area (Å²) in [5.41, 5.74) is 1.39. The van der Waals surface area contributed by atoms with Crippen LogP contribution in [0, 0.1) is 5.82 Å². The standard InChI is InChI=1S/C15H19FN4O.ClH/c1-17-14(12-9-19-20(2)10-12)15(21)18-8-7-11-5-3-4-6-13(11)16;/h3-6,9-10,14,17H,7-8H2,1-2H3,(H,18,21);1H. The third-order valence-corrected chi connectivity index (χ3v) is 3.26. The average Bonchev–Trinajstić information content (AvgIpc) is 2.88. The molecule has 0 saturated carbocycles. The number of aryl methyl sites for hydroxylation is 1. The lowest BCUT2D eigenvalue weighted by atomic mass is 10.1. The first-order valence-corrected chi connectivity index (χ1v) is 6.78. The molecule has 0 fully saturated rings. The maximum Gasteiger partial charge on any atom is 0.241 e. The van der Waals surface area contributed by atoms with Crippen LogP contribution in [0.25, 0.3) is 0 Å². The summed E-state index contributed by atoms with van der Waals surface area (Å²) >= 11 is 0. The van der Waals surface area contributed by atoms with Gasteiger partial charge in [0.2, 0.25) is 5.91 Å². The van der Waals surface area contributed by atoms with Gasteiger partial charge in [0.1, 0.15) is 11.9 Å². The lowest BCUT2D eigenvalue weighted by Crippen LogP contribution is -2.36. The van der Waals surface area contributed by atoms with Crippen molar-refractivity contribution in [1.82, 2.24) is 20.4 Å². The molecule has 1 unspecified atom stereocenters. The van der Waals surface area contributed by atoms with Crippen molar-refractivity contribution < 1.29 is 9.18 Å². The van der Waals surface area contributed by atoms with Gasteiger partial charge < -0.3 is 10.6 Å². The molecule has 0 spiro atoms. The van der Waals surface area contributed by atoms with E-state index in [4.69, 9.17) is 0 Å². The Morgan fingerprint density at radius 1 is 1.41 bits per heavy atom. The molecule has 0 radical (unpaired) electrons. The highest BCUT2D eigenvalue weighted by Gasteiger charge is 2.19. The van der Waals surface area contributed by atoms with Gasteiger partial charge in [-0.15, -0.1) is 12.4 Å². The van der Waals surface area contributed by atoms with Crippen LogP contribution in [-0.2, 0) is 18.3 Å². The highest BCUT2D eigenvalue weighted by molar-refractivity contribution is 5.85. The number of hydrogen-bond acceptors (Lipinski definition) is 3. The zero-order valence-corrected chi connectivity index (χ0v) is 13.4. The van der Waals surface area contributed by atoms with E-state index in [9.17, 15) is 9.18 Å². The molecule has 2 aromatic rings. The van der Waals surface area contributed by atoms with Crippen molar-refractivity contribution in [3.8, 4) is 0 Å². The Hall–Kier alpha value is -1.92. The number of nitrogens with one attached hydrogen (secondary N) is 2. The zero-order valence-electron chi connectivity index (χ0n) is 12.5. The minimum atomic E-state index is -0.459. The van der Waals surface area contributed by atoms with E-state index in [0.29, 0.717) is 18.5 Å². The summed E-state index contributed by atoms with van der Waals surface area (Å²) < 4.78 is 15.1. The molecule has 5 nitrogen and oxygen atoms in total.